The highest BCUT2D eigenvalue weighted by Gasteiger charge is 2.21. The average Bonchev–Trinajstić information content (AvgIpc) is 2.82. The van der Waals surface area contributed by atoms with Gasteiger partial charge in [-0.05, 0) is 49.9 Å². The van der Waals surface area contributed by atoms with E-state index in [0.29, 0.717) is 0 Å². The fourth-order valence-electron chi connectivity index (χ4n) is 2.94. The number of halogens is 1. The predicted molar refractivity (Wildman–Crippen MR) is 67.6 cm³/mol. The van der Waals surface area contributed by atoms with Crippen molar-refractivity contribution in [2.24, 2.45) is 5.73 Å². The highest BCUT2D eigenvalue weighted by atomic mass is 19.1. The van der Waals surface area contributed by atoms with E-state index in [1.54, 1.807) is 12.1 Å². The highest BCUT2D eigenvalue weighted by molar-refractivity contribution is 5.86. The van der Waals surface area contributed by atoms with Crippen LogP contribution in [0.15, 0.2) is 18.2 Å². The van der Waals surface area contributed by atoms with E-state index in [2.05, 4.69) is 4.57 Å². The Morgan fingerprint density at radius 1 is 1.41 bits per heavy atom. The lowest BCUT2D eigenvalue weighted by atomic mass is 10.1. The van der Waals surface area contributed by atoms with E-state index in [4.69, 9.17) is 5.73 Å². The van der Waals surface area contributed by atoms with Crippen LogP contribution in [0, 0.1) is 5.82 Å². The van der Waals surface area contributed by atoms with Gasteiger partial charge in [-0.2, -0.15) is 0 Å². The van der Waals surface area contributed by atoms with Gasteiger partial charge in [0, 0.05) is 23.7 Å². The van der Waals surface area contributed by atoms with Crippen molar-refractivity contribution in [3.05, 3.63) is 35.3 Å². The molecular weight excluding hydrogens is 215 g/mol. The zero-order valence-electron chi connectivity index (χ0n) is 10.0. The van der Waals surface area contributed by atoms with Crippen molar-refractivity contribution in [3.8, 4) is 0 Å². The second-order valence-corrected chi connectivity index (χ2v) is 5.03. The summed E-state index contributed by atoms with van der Waals surface area (Å²) in [5.41, 5.74) is 9.67. The Hall–Kier alpha value is -1.35. The molecule has 1 aromatic carbocycles. The summed E-state index contributed by atoms with van der Waals surface area (Å²) >= 11 is 0. The maximum atomic E-state index is 13.4. The van der Waals surface area contributed by atoms with Gasteiger partial charge in [-0.3, -0.25) is 0 Å². The summed E-state index contributed by atoms with van der Waals surface area (Å²) in [7, 11) is 0. The number of hydrogen-bond acceptors (Lipinski definition) is 1. The number of nitrogens with zero attached hydrogens (tertiary/aromatic N) is 1. The number of rotatable bonds is 2. The molecule has 1 aromatic heterocycles. The van der Waals surface area contributed by atoms with Crippen molar-refractivity contribution in [1.29, 1.82) is 0 Å². The maximum absolute atomic E-state index is 13.4. The first-order chi connectivity index (χ1) is 8.16. The Morgan fingerprint density at radius 2 is 2.24 bits per heavy atom. The Labute approximate surface area is 100 Å². The van der Waals surface area contributed by atoms with Crippen LogP contribution in [0.25, 0.3) is 10.9 Å². The molecule has 1 heterocycles. The van der Waals surface area contributed by atoms with Crippen LogP contribution in [0.1, 0.15) is 24.6 Å². The molecule has 0 aliphatic heterocycles. The molecule has 1 aliphatic carbocycles. The average molecular weight is 232 g/mol. The van der Waals surface area contributed by atoms with Crippen molar-refractivity contribution >= 4 is 10.9 Å². The fraction of sp³-hybridized carbons (Fsp3) is 0.429. The van der Waals surface area contributed by atoms with Crippen LogP contribution in [0.4, 0.5) is 4.39 Å². The summed E-state index contributed by atoms with van der Waals surface area (Å²) in [6.45, 7) is 2.77. The van der Waals surface area contributed by atoms with Gasteiger partial charge in [-0.25, -0.2) is 4.39 Å². The first-order valence-electron chi connectivity index (χ1n) is 6.22. The van der Waals surface area contributed by atoms with Gasteiger partial charge >= 0.3 is 0 Å². The van der Waals surface area contributed by atoms with Crippen molar-refractivity contribution < 1.29 is 4.39 Å². The van der Waals surface area contributed by atoms with Crippen LogP contribution < -0.4 is 5.73 Å². The Kier molecular flexibility index (Phi) is 2.44. The molecule has 2 aromatic rings. The summed E-state index contributed by atoms with van der Waals surface area (Å²) in [6.07, 6.45) is 3.42. The number of fused-ring (bicyclic) bond motifs is 3. The van der Waals surface area contributed by atoms with Crippen molar-refractivity contribution in [2.45, 2.75) is 38.8 Å². The Balaban J connectivity index is 2.26. The van der Waals surface area contributed by atoms with Crippen LogP contribution >= 0.6 is 0 Å². The number of benzene rings is 1. The summed E-state index contributed by atoms with van der Waals surface area (Å²) in [4.78, 5) is 0. The lowest BCUT2D eigenvalue weighted by molar-refractivity contribution is 0.584. The molecule has 17 heavy (non-hydrogen) atoms. The number of aryl methyl sites for hydroxylation is 1. The zero-order valence-corrected chi connectivity index (χ0v) is 10.0. The molecule has 0 saturated heterocycles. The molecule has 90 valence electrons. The molecule has 2 nitrogen and oxygen atoms in total. The van der Waals surface area contributed by atoms with Crippen molar-refractivity contribution in [2.75, 3.05) is 0 Å². The first kappa shape index (κ1) is 10.8. The van der Waals surface area contributed by atoms with Gasteiger partial charge in [0.05, 0.1) is 5.52 Å². The van der Waals surface area contributed by atoms with Gasteiger partial charge in [0.25, 0.3) is 0 Å². The molecule has 0 bridgehead atoms. The number of aromatic nitrogens is 1. The fourth-order valence-corrected chi connectivity index (χ4v) is 2.94. The van der Waals surface area contributed by atoms with Gasteiger partial charge in [-0.1, -0.05) is 0 Å². The normalized spacial score (nSPS) is 16.4. The van der Waals surface area contributed by atoms with E-state index in [-0.39, 0.29) is 11.9 Å². The molecule has 1 aliphatic rings. The van der Waals surface area contributed by atoms with E-state index < -0.39 is 0 Å². The molecular formula is C14H17FN2. The molecule has 0 radical (unpaired) electrons. The summed E-state index contributed by atoms with van der Waals surface area (Å²) < 4.78 is 15.6. The summed E-state index contributed by atoms with van der Waals surface area (Å²) in [5, 5.41) is 1.21. The lowest BCUT2D eigenvalue weighted by Gasteiger charge is -2.12. The molecule has 0 spiro atoms. The van der Waals surface area contributed by atoms with Crippen molar-refractivity contribution in [1.82, 2.24) is 4.57 Å². The third-order valence-electron chi connectivity index (χ3n) is 3.56. The molecule has 0 saturated carbocycles. The largest absolute Gasteiger partial charge is 0.343 e. The smallest absolute Gasteiger partial charge is 0.125 e. The van der Waals surface area contributed by atoms with Crippen molar-refractivity contribution in [3.63, 3.8) is 0 Å². The minimum Gasteiger partial charge on any atom is -0.343 e. The molecule has 0 fully saturated rings. The SMILES string of the molecule is C[C@H](N)Cn1c2c(c3ccc(F)cc31)CCC2. The number of hydrogen-bond donors (Lipinski definition) is 1. The van der Waals surface area contributed by atoms with Crippen LogP contribution in [-0.4, -0.2) is 10.6 Å². The minimum absolute atomic E-state index is 0.0959. The molecule has 2 N–H and O–H groups in total. The lowest BCUT2D eigenvalue weighted by Crippen LogP contribution is -2.23. The second kappa shape index (κ2) is 3.84. The molecule has 3 heteroatoms. The second-order valence-electron chi connectivity index (χ2n) is 5.03. The van der Waals surface area contributed by atoms with E-state index >= 15 is 0 Å². The van der Waals surface area contributed by atoms with Crippen LogP contribution in [0.2, 0.25) is 0 Å². The Bertz CT molecular complexity index is 569. The van der Waals surface area contributed by atoms with Crippen LogP contribution in [0.5, 0.6) is 0 Å². The highest BCUT2D eigenvalue weighted by Crippen LogP contribution is 2.33. The van der Waals surface area contributed by atoms with E-state index in [1.807, 2.05) is 13.0 Å². The van der Waals surface area contributed by atoms with E-state index in [0.717, 1.165) is 24.9 Å². The van der Waals surface area contributed by atoms with Gasteiger partial charge in [-0.15, -0.1) is 0 Å². The summed E-state index contributed by atoms with van der Waals surface area (Å²) in [6, 6.07) is 5.19. The molecule has 0 amide bonds. The van der Waals surface area contributed by atoms with Crippen LogP contribution in [-0.2, 0) is 19.4 Å². The van der Waals surface area contributed by atoms with Gasteiger partial charge in [0.2, 0.25) is 0 Å². The number of nitrogens with two attached hydrogens (primary N) is 1. The molecule has 0 unspecified atom stereocenters. The molecule has 1 atom stereocenters. The van der Waals surface area contributed by atoms with E-state index in [9.17, 15) is 4.39 Å². The predicted octanol–water partition coefficient (Wildman–Crippen LogP) is 2.62. The van der Waals surface area contributed by atoms with E-state index in [1.165, 1.54) is 23.1 Å². The Morgan fingerprint density at radius 3 is 3.00 bits per heavy atom. The molecule has 3 rings (SSSR count). The third-order valence-corrected chi connectivity index (χ3v) is 3.56. The van der Waals surface area contributed by atoms with Crippen LogP contribution in [0.3, 0.4) is 0 Å². The standard InChI is InChI=1S/C14H17FN2/c1-9(16)8-17-13-4-2-3-11(13)12-6-5-10(15)7-14(12)17/h5-7,9H,2-4,8,16H2,1H3/t9-/m0/s1. The summed E-state index contributed by atoms with van der Waals surface area (Å²) in [5.74, 6) is -0.167. The zero-order chi connectivity index (χ0) is 12.0. The minimum atomic E-state index is -0.167. The van der Waals surface area contributed by atoms with Gasteiger partial charge < -0.3 is 10.3 Å². The van der Waals surface area contributed by atoms with Gasteiger partial charge in [0.1, 0.15) is 5.82 Å². The quantitative estimate of drug-likeness (QED) is 0.847. The maximum Gasteiger partial charge on any atom is 0.125 e. The third kappa shape index (κ3) is 1.65. The first-order valence-corrected chi connectivity index (χ1v) is 6.22. The topological polar surface area (TPSA) is 30.9 Å². The monoisotopic (exact) mass is 232 g/mol. The van der Waals surface area contributed by atoms with Gasteiger partial charge in [0.15, 0.2) is 0 Å².